The number of anilines is 2. The minimum atomic E-state index is -3.75. The highest BCUT2D eigenvalue weighted by molar-refractivity contribution is 7.92. The zero-order valence-corrected chi connectivity index (χ0v) is 17.1. The van der Waals surface area contributed by atoms with Crippen molar-refractivity contribution in [2.24, 2.45) is 0 Å². The molecule has 26 heavy (non-hydrogen) atoms. The first-order chi connectivity index (χ1) is 12.3. The third-order valence-electron chi connectivity index (χ3n) is 3.63. The van der Waals surface area contributed by atoms with Crippen molar-refractivity contribution in [2.75, 3.05) is 16.6 Å². The Morgan fingerprint density at radius 2 is 1.92 bits per heavy atom. The second-order valence-electron chi connectivity index (χ2n) is 5.83. The van der Waals surface area contributed by atoms with Crippen molar-refractivity contribution in [1.82, 2.24) is 5.32 Å². The summed E-state index contributed by atoms with van der Waals surface area (Å²) in [4.78, 5) is 0.179. The third-order valence-corrected chi connectivity index (χ3v) is 5.63. The van der Waals surface area contributed by atoms with E-state index in [9.17, 15) is 8.42 Å². The summed E-state index contributed by atoms with van der Waals surface area (Å²) in [6.07, 6.45) is 2.08. The Kier molecular flexibility index (Phi) is 7.25. The van der Waals surface area contributed by atoms with Crippen LogP contribution in [0.4, 0.5) is 11.4 Å². The monoisotopic (exact) mass is 411 g/mol. The molecule has 0 radical (unpaired) electrons. The summed E-state index contributed by atoms with van der Waals surface area (Å²) in [5.41, 5.74) is 1.65. The van der Waals surface area contributed by atoms with Gasteiger partial charge in [-0.15, -0.1) is 0 Å². The Labute approximate surface area is 165 Å². The van der Waals surface area contributed by atoms with Crippen molar-refractivity contribution in [3.8, 4) is 0 Å². The molecule has 0 spiro atoms. The van der Waals surface area contributed by atoms with Crippen molar-refractivity contribution < 1.29 is 8.42 Å². The van der Waals surface area contributed by atoms with Gasteiger partial charge in [0, 0.05) is 17.3 Å². The van der Waals surface area contributed by atoms with Crippen molar-refractivity contribution >= 4 is 50.3 Å². The summed E-state index contributed by atoms with van der Waals surface area (Å²) in [6, 6.07) is 11.7. The van der Waals surface area contributed by atoms with Crippen LogP contribution in [0.25, 0.3) is 0 Å². The lowest BCUT2D eigenvalue weighted by molar-refractivity contribution is 0.600. The van der Waals surface area contributed by atoms with E-state index in [-0.39, 0.29) is 4.90 Å². The summed E-state index contributed by atoms with van der Waals surface area (Å²) in [5, 5.41) is 7.04. The Bertz CT molecular complexity index is 886. The number of aryl methyl sites for hydroxylation is 1. The Morgan fingerprint density at radius 3 is 2.62 bits per heavy atom. The number of rotatable bonds is 7. The first-order valence-electron chi connectivity index (χ1n) is 8.25. The van der Waals surface area contributed by atoms with Gasteiger partial charge in [0.15, 0.2) is 5.11 Å². The molecule has 0 fully saturated rings. The molecule has 0 atom stereocenters. The van der Waals surface area contributed by atoms with E-state index < -0.39 is 10.0 Å². The van der Waals surface area contributed by atoms with Crippen LogP contribution in [-0.2, 0) is 10.0 Å². The van der Waals surface area contributed by atoms with Gasteiger partial charge in [0.2, 0.25) is 0 Å². The summed E-state index contributed by atoms with van der Waals surface area (Å²) in [6.45, 7) is 4.62. The summed E-state index contributed by atoms with van der Waals surface area (Å²) in [5.74, 6) is 0. The molecule has 0 aromatic heterocycles. The molecule has 2 aromatic rings. The van der Waals surface area contributed by atoms with Gasteiger partial charge >= 0.3 is 0 Å². The van der Waals surface area contributed by atoms with Gasteiger partial charge in [-0.1, -0.05) is 37.1 Å². The van der Waals surface area contributed by atoms with Crippen LogP contribution >= 0.6 is 23.8 Å². The summed E-state index contributed by atoms with van der Waals surface area (Å²) in [7, 11) is -3.75. The minimum absolute atomic E-state index is 0.179. The van der Waals surface area contributed by atoms with Crippen molar-refractivity contribution in [1.29, 1.82) is 0 Å². The number of thiocarbonyl (C=S) groups is 1. The predicted octanol–water partition coefficient (Wildman–Crippen LogP) is 4.54. The van der Waals surface area contributed by atoms with Crippen molar-refractivity contribution in [3.63, 3.8) is 0 Å². The van der Waals surface area contributed by atoms with Crippen LogP contribution < -0.4 is 15.4 Å². The van der Waals surface area contributed by atoms with Crippen LogP contribution in [0, 0.1) is 6.92 Å². The van der Waals surface area contributed by atoms with Gasteiger partial charge in [-0.2, -0.15) is 0 Å². The first kappa shape index (κ1) is 20.5. The van der Waals surface area contributed by atoms with Crippen LogP contribution in [0.5, 0.6) is 0 Å². The molecule has 2 aromatic carbocycles. The van der Waals surface area contributed by atoms with E-state index in [1.807, 2.05) is 0 Å². The average molecular weight is 412 g/mol. The Balaban J connectivity index is 2.18. The average Bonchev–Trinajstić information content (AvgIpc) is 2.56. The second-order valence-corrected chi connectivity index (χ2v) is 8.33. The topological polar surface area (TPSA) is 70.2 Å². The van der Waals surface area contributed by atoms with Crippen LogP contribution in [0.15, 0.2) is 47.4 Å². The van der Waals surface area contributed by atoms with E-state index in [4.69, 9.17) is 23.8 Å². The van der Waals surface area contributed by atoms with Gasteiger partial charge in [0.1, 0.15) is 0 Å². The smallest absolute Gasteiger partial charge is 0.262 e. The highest BCUT2D eigenvalue weighted by atomic mass is 35.5. The van der Waals surface area contributed by atoms with E-state index in [0.29, 0.717) is 27.1 Å². The highest BCUT2D eigenvalue weighted by Gasteiger charge is 2.18. The molecule has 0 heterocycles. The lowest BCUT2D eigenvalue weighted by Crippen LogP contribution is -2.29. The van der Waals surface area contributed by atoms with Crippen molar-refractivity contribution in [2.45, 2.75) is 31.6 Å². The Hall–Kier alpha value is -1.83. The number of halogens is 1. The molecule has 0 aliphatic rings. The van der Waals surface area contributed by atoms with Gasteiger partial charge in [0.25, 0.3) is 10.0 Å². The van der Waals surface area contributed by atoms with Crippen LogP contribution in [0.2, 0.25) is 5.02 Å². The number of hydrogen-bond acceptors (Lipinski definition) is 3. The number of unbranched alkanes of at least 4 members (excludes halogenated alkanes) is 1. The molecule has 0 saturated carbocycles. The molecule has 0 amide bonds. The van der Waals surface area contributed by atoms with Gasteiger partial charge in [0.05, 0.1) is 10.6 Å². The number of sulfonamides is 1. The number of hydrogen-bond donors (Lipinski definition) is 3. The summed E-state index contributed by atoms with van der Waals surface area (Å²) >= 11 is 11.2. The second kappa shape index (κ2) is 9.21. The summed E-state index contributed by atoms with van der Waals surface area (Å²) < 4.78 is 28.1. The molecule has 8 heteroatoms. The molecule has 0 aliphatic heterocycles. The van der Waals surface area contributed by atoms with Gasteiger partial charge in [-0.25, -0.2) is 8.42 Å². The lowest BCUT2D eigenvalue weighted by atomic mass is 10.2. The first-order valence-corrected chi connectivity index (χ1v) is 10.5. The molecule has 5 nitrogen and oxygen atoms in total. The van der Waals surface area contributed by atoms with E-state index >= 15 is 0 Å². The Morgan fingerprint density at radius 1 is 1.15 bits per heavy atom. The third kappa shape index (κ3) is 5.86. The van der Waals surface area contributed by atoms with Crippen LogP contribution in [0.1, 0.15) is 25.3 Å². The van der Waals surface area contributed by atoms with E-state index in [1.165, 1.54) is 0 Å². The zero-order chi connectivity index (χ0) is 19.2. The molecule has 140 valence electrons. The SMILES string of the molecule is CCCCNC(=S)Nc1ccc(C)c(S(=O)(=O)Nc2cccc(Cl)c2)c1. The number of nitrogens with one attached hydrogen (secondary N) is 3. The fraction of sp³-hybridized carbons (Fsp3) is 0.278. The van der Waals surface area contributed by atoms with E-state index in [0.717, 1.165) is 19.4 Å². The molecule has 0 bridgehead atoms. The maximum Gasteiger partial charge on any atom is 0.262 e. The molecule has 2 rings (SSSR count). The molecule has 0 saturated heterocycles. The lowest BCUT2D eigenvalue weighted by Gasteiger charge is -2.14. The quantitative estimate of drug-likeness (QED) is 0.461. The molecular formula is C18H22ClN3O2S2. The molecular weight excluding hydrogens is 390 g/mol. The maximum atomic E-state index is 12.8. The van der Waals surface area contributed by atoms with Crippen LogP contribution in [-0.4, -0.2) is 20.1 Å². The fourth-order valence-electron chi connectivity index (χ4n) is 2.28. The highest BCUT2D eigenvalue weighted by Crippen LogP contribution is 2.24. The van der Waals surface area contributed by atoms with Gasteiger partial charge < -0.3 is 10.6 Å². The minimum Gasteiger partial charge on any atom is -0.362 e. The molecule has 3 N–H and O–H groups in total. The maximum absolute atomic E-state index is 12.8. The fourth-order valence-corrected chi connectivity index (χ4v) is 4.01. The van der Waals surface area contributed by atoms with Gasteiger partial charge in [-0.3, -0.25) is 4.72 Å². The standard InChI is InChI=1S/C18H22ClN3O2S2/c1-3-4-10-20-18(25)21-15-9-8-13(2)17(12-15)26(23,24)22-16-7-5-6-14(19)11-16/h5-9,11-12,22H,3-4,10H2,1-2H3,(H2,20,21,25). The van der Waals surface area contributed by atoms with Crippen molar-refractivity contribution in [3.05, 3.63) is 53.1 Å². The van der Waals surface area contributed by atoms with Crippen LogP contribution in [0.3, 0.4) is 0 Å². The predicted molar refractivity (Wildman–Crippen MR) is 113 cm³/mol. The zero-order valence-electron chi connectivity index (χ0n) is 14.7. The number of benzene rings is 2. The van der Waals surface area contributed by atoms with E-state index in [1.54, 1.807) is 49.4 Å². The molecule has 0 unspecified atom stereocenters. The van der Waals surface area contributed by atoms with Gasteiger partial charge in [-0.05, 0) is 61.5 Å². The largest absolute Gasteiger partial charge is 0.362 e. The normalized spacial score (nSPS) is 11.0. The van der Waals surface area contributed by atoms with E-state index in [2.05, 4.69) is 22.3 Å². The molecule has 0 aliphatic carbocycles.